The number of nitrogens with zero attached hydrogens (tertiary/aromatic N) is 5. The summed E-state index contributed by atoms with van der Waals surface area (Å²) in [6, 6.07) is 125. The number of allylic oxidation sites excluding steroid dienone is 2. The minimum Gasteiger partial charge on any atom is -0.481 e. The van der Waals surface area contributed by atoms with E-state index >= 15 is 0 Å². The number of aromatic nitrogens is 3. The summed E-state index contributed by atoms with van der Waals surface area (Å²) in [7, 11) is -7.68. The van der Waals surface area contributed by atoms with Crippen molar-refractivity contribution in [3.05, 3.63) is 421 Å². The molecular weight excluding hydrogens is 1810 g/mol. The lowest BCUT2D eigenvalue weighted by Gasteiger charge is -2.43. The van der Waals surface area contributed by atoms with E-state index < -0.39 is 49.2 Å². The van der Waals surface area contributed by atoms with E-state index in [0.717, 1.165) is 47.7 Å². The number of benzene rings is 12. The number of carboxylic acids is 1. The zero-order valence-electron chi connectivity index (χ0n) is 82.6. The number of aliphatic hydroxyl groups excluding tert-OH is 1. The van der Waals surface area contributed by atoms with Crippen LogP contribution < -0.4 is 41.8 Å². The number of alkyl halides is 4. The molecule has 3 aliphatic carbocycles. The maximum absolute atomic E-state index is 12.6. The fourth-order valence-electron chi connectivity index (χ4n) is 19.0. The minimum absolute atomic E-state index is 0.00820. The number of carbonyl (C=O) groups excluding carboxylic acids is 1. The fraction of sp³-hybridized carbons (Fsp3) is 0.308. The Morgan fingerprint density at radius 3 is 1.09 bits per heavy atom. The van der Waals surface area contributed by atoms with E-state index in [-0.39, 0.29) is 56.0 Å². The Morgan fingerprint density at radius 2 is 0.777 bits per heavy atom. The molecule has 0 bridgehead atoms. The summed E-state index contributed by atoms with van der Waals surface area (Å²) in [6.45, 7) is 33.8. The molecule has 1 aromatic heterocycles. The predicted octanol–water partition coefficient (Wildman–Crippen LogP) is 22.4. The number of amides is 1. The largest absolute Gasteiger partial charge is 0.481 e. The Labute approximate surface area is 829 Å². The SMILES string of the molecule is CC(=O)NCc1ccccc1.CC(=S)NCc1ccccc1.CC(C)(C)[Si](OC[C@@H]1C[C@@]1(C(=O)O)c1ccccc1)(c1ccccc1)c1ccccc1.CC(C)(C)[Si](OC[C@@H]1C[C@@]1(CO)c1ccccc1)(c1ccccc1)c1ccccc1.CC1=NC(C(F)F)=NC1.CC=C[C@@]1(c2ccccc2)C[C@H]1CO[Si](c1ccccc1)(c1ccccc1)C(C)(C)C.Cc1nnc(C(F)F)n1Cc1ccccc1. The number of hydrogen-bond donors (Lipinski definition) is 4. The van der Waals surface area contributed by atoms with Crippen molar-refractivity contribution in [2.75, 3.05) is 33.0 Å². The van der Waals surface area contributed by atoms with Gasteiger partial charge in [-0.15, -0.1) is 10.2 Å². The van der Waals surface area contributed by atoms with Crippen molar-refractivity contribution in [2.24, 2.45) is 27.7 Å². The van der Waals surface area contributed by atoms with Gasteiger partial charge in [-0.05, 0) is 138 Å². The van der Waals surface area contributed by atoms with Gasteiger partial charge in [-0.2, -0.15) is 0 Å². The van der Waals surface area contributed by atoms with Crippen LogP contribution in [0.2, 0.25) is 15.1 Å². The zero-order chi connectivity index (χ0) is 99.9. The molecule has 0 saturated heterocycles. The summed E-state index contributed by atoms with van der Waals surface area (Å²) in [4.78, 5) is 30.6. The molecule has 4 N–H and O–H groups in total. The van der Waals surface area contributed by atoms with Crippen LogP contribution >= 0.6 is 12.2 Å². The number of hydrogen-bond acceptors (Lipinski definition) is 11. The van der Waals surface area contributed by atoms with Gasteiger partial charge in [-0.1, -0.05) is 451 Å². The highest BCUT2D eigenvalue weighted by atomic mass is 32.1. The summed E-state index contributed by atoms with van der Waals surface area (Å²) in [5.41, 5.74) is 6.61. The lowest BCUT2D eigenvalue weighted by atomic mass is 9.93. The molecule has 3 saturated carbocycles. The molecule has 12 aromatic carbocycles. The molecule has 1 aliphatic heterocycles. The maximum Gasteiger partial charge on any atom is 0.314 e. The van der Waals surface area contributed by atoms with Crippen LogP contribution in [0.4, 0.5) is 17.6 Å². The molecule has 0 radical (unpaired) electrons. The molecule has 17 rings (SSSR count). The summed E-state index contributed by atoms with van der Waals surface area (Å²) < 4.78 is 71.3. The van der Waals surface area contributed by atoms with Gasteiger partial charge < -0.3 is 38.7 Å². The number of thiocarbonyl (C=S) groups is 1. The standard InChI is InChI=1S/C29H34OSi.C27H30O3Si.C27H32O2Si.C11H11F2N3.C9H11NO.C9H11NS.C5H6F2N2/c1-5-21-29(24-15-9-6-10-16-24)22-25(29)23-30-31(28(2,3)4,26-17-11-7-12-18-26)27-19-13-8-14-20-27;1-26(2,3)31(23-15-9-5-10-16-23,24-17-11-6-12-18-24)30-20-22-19-27(22,25(28)29)21-13-7-4-8-14-21;1-26(2,3)30(24-15-9-5-10-16-24,25-17-11-6-12-18-25)29-20-23-19-27(23,21-28)22-13-7-4-8-14-22;1-8-14-15-11(10(12)13)16(8)7-9-5-3-2-4-6-9;2*1-8(11)10-7-9-5-3-2-4-6-9;1-3-2-8-5(9-3)4(6)7/h5-21,25H,22-23H2,1-4H3;4-18,22H,19-20H2,1-3H3,(H,28,29);4-18,23,28H,19-21H2,1-3H3;2-6,10H,7H2,1H3;2*2-6H,7H2,1H3,(H,10,11);4H,2H2,1H3/t25-,29-;22-,27+;23-,27+;;;;/m000..../s1. The lowest BCUT2D eigenvalue weighted by Crippen LogP contribution is -2.66. The molecule has 0 unspecified atom stereocenters. The Hall–Kier alpha value is -12.1. The molecule has 4 aliphatic rings. The summed E-state index contributed by atoms with van der Waals surface area (Å²) in [5, 5.41) is 40.9. The first kappa shape index (κ1) is 107. The number of aliphatic hydroxyl groups is 1. The number of halogens is 4. The van der Waals surface area contributed by atoms with Crippen LogP contribution in [0.5, 0.6) is 0 Å². The first-order valence-electron chi connectivity index (χ1n) is 47.7. The highest BCUT2D eigenvalue weighted by Gasteiger charge is 2.64. The molecule has 139 heavy (non-hydrogen) atoms. The third-order valence-corrected chi connectivity index (χ3v) is 41.6. The topological polar surface area (TPSA) is 182 Å². The molecule has 13 aromatic rings. The average Bonchev–Trinajstić information content (AvgIpc) is 1.51. The average molecular weight is 1940 g/mol. The zero-order valence-corrected chi connectivity index (χ0v) is 86.4. The number of rotatable bonds is 29. The van der Waals surface area contributed by atoms with Crippen LogP contribution in [0.1, 0.15) is 161 Å². The molecule has 3 fully saturated rings. The third-order valence-electron chi connectivity index (χ3n) is 26.4. The summed E-state index contributed by atoms with van der Waals surface area (Å²) in [5.74, 6) is -0.0371. The first-order valence-corrected chi connectivity index (χ1v) is 53.8. The van der Waals surface area contributed by atoms with Crippen LogP contribution in [-0.2, 0) is 58.7 Å². The van der Waals surface area contributed by atoms with Crippen LogP contribution in [0.25, 0.3) is 0 Å². The number of aliphatic imine (C=N–C) groups is 2. The molecule has 726 valence electrons. The van der Waals surface area contributed by atoms with Crippen molar-refractivity contribution in [1.82, 2.24) is 25.4 Å². The molecular formula is C117H135F4N7O7SSi3. The van der Waals surface area contributed by atoms with Gasteiger partial charge in [0.25, 0.3) is 37.8 Å². The summed E-state index contributed by atoms with van der Waals surface area (Å²) >= 11 is 4.88. The van der Waals surface area contributed by atoms with Gasteiger partial charge in [-0.3, -0.25) is 14.6 Å². The van der Waals surface area contributed by atoms with Gasteiger partial charge in [0.05, 0.1) is 30.1 Å². The van der Waals surface area contributed by atoms with Crippen molar-refractivity contribution in [3.8, 4) is 0 Å². The predicted molar refractivity (Wildman–Crippen MR) is 571 cm³/mol. The van der Waals surface area contributed by atoms with E-state index in [4.69, 9.17) is 25.5 Å². The van der Waals surface area contributed by atoms with Gasteiger partial charge in [0.1, 0.15) is 5.82 Å². The van der Waals surface area contributed by atoms with E-state index in [0.29, 0.717) is 62.6 Å². The monoisotopic (exact) mass is 1940 g/mol. The van der Waals surface area contributed by atoms with Crippen LogP contribution in [-0.4, -0.2) is 118 Å². The van der Waals surface area contributed by atoms with Gasteiger partial charge in [0.2, 0.25) is 11.7 Å². The van der Waals surface area contributed by atoms with E-state index in [1.807, 2.05) is 134 Å². The molecule has 0 spiro atoms. The highest BCUT2D eigenvalue weighted by Crippen LogP contribution is 2.58. The number of carboxylic acid groups (broad SMARTS) is 1. The quantitative estimate of drug-likeness (QED) is 0.0152. The number of aliphatic carboxylic acids is 1. The first-order chi connectivity index (χ1) is 66.7. The molecule has 2 heterocycles. The van der Waals surface area contributed by atoms with Crippen LogP contribution in [0.3, 0.4) is 0 Å². The lowest BCUT2D eigenvalue weighted by molar-refractivity contribution is -0.140. The smallest absolute Gasteiger partial charge is 0.314 e. The maximum atomic E-state index is 12.6. The van der Waals surface area contributed by atoms with Crippen molar-refractivity contribution in [3.63, 3.8) is 0 Å². The van der Waals surface area contributed by atoms with E-state index in [2.05, 4.69) is 349 Å². The molecule has 6 atom stereocenters. The van der Waals surface area contributed by atoms with E-state index in [1.54, 1.807) is 13.8 Å². The molecule has 1 amide bonds. The summed E-state index contributed by atoms with van der Waals surface area (Å²) in [6.07, 6.45) is 2.24. The van der Waals surface area contributed by atoms with Crippen molar-refractivity contribution in [2.45, 2.75) is 180 Å². The van der Waals surface area contributed by atoms with Gasteiger partial charge in [0, 0.05) is 62.3 Å². The van der Waals surface area contributed by atoms with E-state index in [9.17, 15) is 37.4 Å². The molecule has 14 nitrogen and oxygen atoms in total. The fourth-order valence-corrected chi connectivity index (χ4v) is 32.9. The minimum atomic E-state index is -2.66. The van der Waals surface area contributed by atoms with Crippen molar-refractivity contribution >= 4 is 96.7 Å². The van der Waals surface area contributed by atoms with Gasteiger partial charge >= 0.3 is 5.97 Å². The van der Waals surface area contributed by atoms with Gasteiger partial charge in [0.15, 0.2) is 5.84 Å². The van der Waals surface area contributed by atoms with Crippen LogP contribution in [0.15, 0.2) is 386 Å². The van der Waals surface area contributed by atoms with Crippen LogP contribution in [0, 0.1) is 24.7 Å². The van der Waals surface area contributed by atoms with Crippen molar-refractivity contribution in [1.29, 1.82) is 0 Å². The highest BCUT2D eigenvalue weighted by molar-refractivity contribution is 7.80. The number of nitrogens with one attached hydrogen (secondary N) is 2. The normalized spacial score (nSPS) is 17.9. The van der Waals surface area contributed by atoms with Gasteiger partial charge in [-0.25, -0.2) is 22.6 Å². The Kier molecular flexibility index (Phi) is 38.3. The second-order valence-corrected chi connectivity index (χ2v) is 52.5. The second kappa shape index (κ2) is 49.6. The number of aryl methyl sites for hydroxylation is 1. The Morgan fingerprint density at radius 1 is 0.446 bits per heavy atom. The second-order valence-electron chi connectivity index (χ2n) is 38.9. The number of amidine groups is 1. The Bertz CT molecular complexity index is 5870. The van der Waals surface area contributed by atoms with E-state index in [1.165, 1.54) is 59.3 Å². The molecule has 22 heteroatoms. The third kappa shape index (κ3) is 27.1. The Balaban J connectivity index is 0.000000163. The van der Waals surface area contributed by atoms with Crippen molar-refractivity contribution < 1.29 is 50.6 Å². The number of carbonyl (C=O) groups is 2.